The Bertz CT molecular complexity index is 1580. The molecule has 0 fully saturated rings. The van der Waals surface area contributed by atoms with Crippen molar-refractivity contribution in [1.29, 1.82) is 0 Å². The summed E-state index contributed by atoms with van der Waals surface area (Å²) in [5.41, 5.74) is 7.42. The zero-order valence-corrected chi connectivity index (χ0v) is 32.8. The van der Waals surface area contributed by atoms with Crippen molar-refractivity contribution in [2.75, 3.05) is 0 Å². The largest absolute Gasteiger partial charge is 0.507 e. The van der Waals surface area contributed by atoms with Gasteiger partial charge in [0, 0.05) is 9.80 Å². The van der Waals surface area contributed by atoms with Gasteiger partial charge in [-0.1, -0.05) is 166 Å². The highest BCUT2D eigenvalue weighted by Crippen LogP contribution is 2.45. The lowest BCUT2D eigenvalue weighted by atomic mass is 9.74. The van der Waals surface area contributed by atoms with Crippen LogP contribution in [0, 0.1) is 5.41 Å². The molecule has 0 amide bonds. The molecule has 0 heterocycles. The van der Waals surface area contributed by atoms with E-state index in [0.717, 1.165) is 41.5 Å². The second kappa shape index (κ2) is 13.4. The average Bonchev–Trinajstić information content (AvgIpc) is 2.93. The van der Waals surface area contributed by atoms with Crippen LogP contribution in [0.25, 0.3) is 0 Å². The Balaban J connectivity index is 1.42. The molecule has 1 atom stereocenters. The molecule has 254 valence electrons. The molecule has 2 N–H and O–H groups in total. The van der Waals surface area contributed by atoms with Gasteiger partial charge in [0.25, 0.3) is 0 Å². The minimum absolute atomic E-state index is 0.0333. The summed E-state index contributed by atoms with van der Waals surface area (Å²) in [6.07, 6.45) is 9.82. The predicted octanol–water partition coefficient (Wildman–Crippen LogP) is 12.7. The first-order valence-electron chi connectivity index (χ1n) is 17.0. The van der Waals surface area contributed by atoms with E-state index in [4.69, 9.17) is 0 Å². The lowest BCUT2D eigenvalue weighted by molar-refractivity contribution is 0.412. The molecule has 47 heavy (non-hydrogen) atoms. The monoisotopic (exact) mass is 670 g/mol. The van der Waals surface area contributed by atoms with Crippen molar-refractivity contribution in [2.24, 2.45) is 5.41 Å². The minimum Gasteiger partial charge on any atom is -0.507 e. The highest BCUT2D eigenvalue weighted by molar-refractivity contribution is 8.78. The smallest absolute Gasteiger partial charge is 0.123 e. The number of allylic oxidation sites excluding steroid dienone is 3. The molecule has 0 bridgehead atoms. The summed E-state index contributed by atoms with van der Waals surface area (Å²) >= 11 is 0. The van der Waals surface area contributed by atoms with Crippen LogP contribution < -0.4 is 0 Å². The minimum atomic E-state index is -0.130. The van der Waals surface area contributed by atoms with E-state index in [1.807, 2.05) is 10.8 Å². The van der Waals surface area contributed by atoms with Crippen molar-refractivity contribution in [1.82, 2.24) is 0 Å². The Morgan fingerprint density at radius 3 is 1.40 bits per heavy atom. The van der Waals surface area contributed by atoms with Gasteiger partial charge in [-0.15, -0.1) is 0 Å². The molecule has 0 spiro atoms. The summed E-state index contributed by atoms with van der Waals surface area (Å²) in [5, 5.41) is 22.3. The molecular weight excluding hydrogens is 613 g/mol. The van der Waals surface area contributed by atoms with Crippen molar-refractivity contribution < 1.29 is 10.2 Å². The first kappa shape index (κ1) is 37.3. The molecule has 3 aromatic rings. The van der Waals surface area contributed by atoms with Gasteiger partial charge in [-0.25, -0.2) is 0 Å². The summed E-state index contributed by atoms with van der Waals surface area (Å²) in [6, 6.07) is 17.8. The third-order valence-corrected chi connectivity index (χ3v) is 11.6. The van der Waals surface area contributed by atoms with Crippen LogP contribution in [0.2, 0.25) is 0 Å². The Morgan fingerprint density at radius 2 is 1.02 bits per heavy atom. The molecule has 2 nitrogen and oxygen atoms in total. The molecule has 4 rings (SSSR count). The van der Waals surface area contributed by atoms with Gasteiger partial charge in [0.15, 0.2) is 0 Å². The van der Waals surface area contributed by atoms with Crippen molar-refractivity contribution in [3.63, 3.8) is 0 Å². The van der Waals surface area contributed by atoms with E-state index in [0.29, 0.717) is 11.5 Å². The van der Waals surface area contributed by atoms with Crippen LogP contribution in [0.1, 0.15) is 135 Å². The molecule has 1 aliphatic rings. The molecule has 4 heteroatoms. The zero-order valence-electron chi connectivity index (χ0n) is 31.2. The standard InChI is InChI=1S/C43H58O2S2/c1-39(2,3)33-23-29(24-34(37(33)44)40(4,5)6)22-28-14-16-31(17-15-28)46-47-32-18-20-43(13,21-19-32)27-30-25-35(41(7,8)9)38(45)36(26-30)42(10,11)12/h14-20,23-26,44-45H,21-22,27H2,1-13H3. The Morgan fingerprint density at radius 1 is 0.596 bits per heavy atom. The Labute approximate surface area is 294 Å². The fraction of sp³-hybridized carbons (Fsp3) is 0.488. The van der Waals surface area contributed by atoms with Crippen LogP contribution in [0.5, 0.6) is 11.5 Å². The first-order chi connectivity index (χ1) is 21.5. The fourth-order valence-corrected chi connectivity index (χ4v) is 8.28. The van der Waals surface area contributed by atoms with Crippen LogP contribution in [-0.4, -0.2) is 10.2 Å². The third kappa shape index (κ3) is 9.33. The number of rotatable bonds is 7. The quantitative estimate of drug-likeness (QED) is 0.245. The maximum absolute atomic E-state index is 11.2. The molecule has 1 aliphatic carbocycles. The maximum Gasteiger partial charge on any atom is 0.123 e. The first-order valence-corrected chi connectivity index (χ1v) is 19.2. The lowest BCUT2D eigenvalue weighted by Crippen LogP contribution is -2.21. The summed E-state index contributed by atoms with van der Waals surface area (Å²) in [4.78, 5) is 2.54. The molecule has 0 aliphatic heterocycles. The van der Waals surface area contributed by atoms with Gasteiger partial charge in [-0.2, -0.15) is 0 Å². The highest BCUT2D eigenvalue weighted by Gasteiger charge is 2.30. The van der Waals surface area contributed by atoms with E-state index in [1.165, 1.54) is 26.5 Å². The van der Waals surface area contributed by atoms with Crippen molar-refractivity contribution in [3.05, 3.63) is 111 Å². The fourth-order valence-electron chi connectivity index (χ4n) is 6.29. The van der Waals surface area contributed by atoms with Gasteiger partial charge >= 0.3 is 0 Å². The van der Waals surface area contributed by atoms with E-state index in [1.54, 1.807) is 10.8 Å². The molecule has 0 saturated carbocycles. The van der Waals surface area contributed by atoms with Gasteiger partial charge in [0.05, 0.1) is 0 Å². The van der Waals surface area contributed by atoms with Gasteiger partial charge in [-0.05, 0) is 97.4 Å². The van der Waals surface area contributed by atoms with E-state index in [-0.39, 0.29) is 27.1 Å². The molecular formula is C43H58O2S2. The number of aromatic hydroxyl groups is 2. The van der Waals surface area contributed by atoms with Gasteiger partial charge in [0.2, 0.25) is 0 Å². The summed E-state index contributed by atoms with van der Waals surface area (Å²) in [7, 11) is 3.63. The summed E-state index contributed by atoms with van der Waals surface area (Å²) in [5.74, 6) is 0.889. The Kier molecular flexibility index (Phi) is 10.6. The highest BCUT2D eigenvalue weighted by atomic mass is 33.1. The van der Waals surface area contributed by atoms with E-state index in [9.17, 15) is 10.2 Å². The number of phenolic OH excluding ortho intramolecular Hbond substituents is 2. The van der Waals surface area contributed by atoms with Crippen LogP contribution in [-0.2, 0) is 34.5 Å². The second-order valence-corrected chi connectivity index (χ2v) is 20.3. The summed E-state index contributed by atoms with van der Waals surface area (Å²) in [6.45, 7) is 28.4. The normalized spacial score (nSPS) is 17.6. The van der Waals surface area contributed by atoms with Crippen molar-refractivity contribution in [3.8, 4) is 11.5 Å². The maximum atomic E-state index is 11.2. The summed E-state index contributed by atoms with van der Waals surface area (Å²) < 4.78 is 0. The number of hydrogen-bond donors (Lipinski definition) is 2. The van der Waals surface area contributed by atoms with Crippen LogP contribution in [0.4, 0.5) is 0 Å². The van der Waals surface area contributed by atoms with Crippen LogP contribution in [0.3, 0.4) is 0 Å². The number of hydrogen-bond acceptors (Lipinski definition) is 4. The SMILES string of the molecule is CC1(Cc2cc(C(C)(C)C)c(O)c(C(C)(C)C)c2)C=CC(SSc2ccc(Cc3cc(C(C)(C)C)c(O)c(C(C)(C)C)c3)cc2)=CC1. The van der Waals surface area contributed by atoms with Crippen molar-refractivity contribution >= 4 is 21.6 Å². The predicted molar refractivity (Wildman–Crippen MR) is 207 cm³/mol. The lowest BCUT2D eigenvalue weighted by Gasteiger charge is -2.32. The topological polar surface area (TPSA) is 40.5 Å². The van der Waals surface area contributed by atoms with Gasteiger partial charge in [-0.3, -0.25) is 0 Å². The molecule has 0 saturated heterocycles. The Hall–Kier alpha value is -2.56. The number of benzene rings is 3. The zero-order chi connectivity index (χ0) is 35.2. The van der Waals surface area contributed by atoms with Crippen LogP contribution >= 0.6 is 21.6 Å². The molecule has 0 aromatic heterocycles. The number of phenols is 2. The van der Waals surface area contributed by atoms with Gasteiger partial charge in [0.1, 0.15) is 11.5 Å². The van der Waals surface area contributed by atoms with Crippen LogP contribution in [0.15, 0.2) is 76.6 Å². The molecule has 1 unspecified atom stereocenters. The molecule has 0 radical (unpaired) electrons. The van der Waals surface area contributed by atoms with Crippen molar-refractivity contribution in [2.45, 2.75) is 136 Å². The van der Waals surface area contributed by atoms with E-state index in [2.05, 4.69) is 157 Å². The average molecular weight is 671 g/mol. The van der Waals surface area contributed by atoms with E-state index < -0.39 is 0 Å². The van der Waals surface area contributed by atoms with Gasteiger partial charge < -0.3 is 10.2 Å². The third-order valence-electron chi connectivity index (χ3n) is 9.16. The molecule has 3 aromatic carbocycles. The second-order valence-electron chi connectivity index (χ2n) is 18.0. The van der Waals surface area contributed by atoms with E-state index >= 15 is 0 Å².